The SMILES string of the molecule is O=C(C=Cc1c(-c2ccccc2O)cc(Sc2cc(-c3ccccc3O)c(C=CC(=O)N3CCOCC3)c(C(F)(F)F)c2C(F)(F)F)c(C(F)(F)F)c1C(F)(F)F)N1CCOCC1. The maximum absolute atomic E-state index is 15.3. The number of para-hydroxylation sites is 2. The summed E-state index contributed by atoms with van der Waals surface area (Å²) in [6, 6.07) is 9.17. The summed E-state index contributed by atoms with van der Waals surface area (Å²) in [5.41, 5.74) is -16.0. The summed E-state index contributed by atoms with van der Waals surface area (Å²) >= 11 is -0.733. The normalized spacial score (nSPS) is 15.7. The van der Waals surface area contributed by atoms with E-state index in [0.717, 1.165) is 46.2 Å². The zero-order valence-corrected chi connectivity index (χ0v) is 32.9. The second kappa shape index (κ2) is 18.2. The lowest BCUT2D eigenvalue weighted by Crippen LogP contribution is -2.39. The first kappa shape index (κ1) is 46.8. The summed E-state index contributed by atoms with van der Waals surface area (Å²) in [7, 11) is 0. The van der Waals surface area contributed by atoms with Crippen LogP contribution in [0.1, 0.15) is 33.4 Å². The highest BCUT2D eigenvalue weighted by molar-refractivity contribution is 7.99. The van der Waals surface area contributed by atoms with E-state index in [1.165, 1.54) is 12.1 Å². The number of ether oxygens (including phenoxy) is 2. The summed E-state index contributed by atoms with van der Waals surface area (Å²) in [5, 5.41) is 21.6. The Morgan fingerprint density at radius 3 is 1.13 bits per heavy atom. The lowest BCUT2D eigenvalue weighted by atomic mass is 9.90. The molecule has 0 aliphatic carbocycles. The van der Waals surface area contributed by atoms with Gasteiger partial charge in [0.1, 0.15) is 11.5 Å². The average Bonchev–Trinajstić information content (AvgIpc) is 3.21. The van der Waals surface area contributed by atoms with Crippen LogP contribution in [0.3, 0.4) is 0 Å². The van der Waals surface area contributed by atoms with Crippen molar-refractivity contribution in [2.75, 3.05) is 52.6 Å². The Labute approximate surface area is 354 Å². The van der Waals surface area contributed by atoms with Gasteiger partial charge in [-0.05, 0) is 58.7 Å². The number of hydrogen-bond donors (Lipinski definition) is 2. The van der Waals surface area contributed by atoms with Crippen molar-refractivity contribution in [2.24, 2.45) is 0 Å². The minimum atomic E-state index is -6.09. The molecule has 6 rings (SSSR count). The summed E-state index contributed by atoms with van der Waals surface area (Å²) in [6.45, 7) is 0.000120. The van der Waals surface area contributed by atoms with E-state index in [4.69, 9.17) is 9.47 Å². The van der Waals surface area contributed by atoms with E-state index < -0.39 is 125 Å². The molecular formula is C42H32F12N2O6S. The van der Waals surface area contributed by atoms with Gasteiger partial charge in [-0.2, -0.15) is 52.7 Å². The first-order valence-corrected chi connectivity index (χ1v) is 19.3. The van der Waals surface area contributed by atoms with Crippen LogP contribution in [-0.4, -0.2) is 84.4 Å². The molecule has 2 saturated heterocycles. The molecule has 0 aromatic heterocycles. The van der Waals surface area contributed by atoms with E-state index in [1.54, 1.807) is 0 Å². The Bertz CT molecular complexity index is 2270. The highest BCUT2D eigenvalue weighted by atomic mass is 32.2. The van der Waals surface area contributed by atoms with Gasteiger partial charge in [0.2, 0.25) is 11.8 Å². The highest BCUT2D eigenvalue weighted by Crippen LogP contribution is 2.56. The summed E-state index contributed by atoms with van der Waals surface area (Å²) in [5.74, 6) is -3.55. The van der Waals surface area contributed by atoms with E-state index in [0.29, 0.717) is 36.4 Å². The van der Waals surface area contributed by atoms with Crippen LogP contribution < -0.4 is 0 Å². The van der Waals surface area contributed by atoms with Gasteiger partial charge in [0.25, 0.3) is 0 Å². The molecule has 0 atom stereocenters. The topological polar surface area (TPSA) is 99.5 Å². The second-order valence-corrected chi connectivity index (χ2v) is 14.9. The molecule has 336 valence electrons. The van der Waals surface area contributed by atoms with Gasteiger partial charge in [0, 0.05) is 59.2 Å². The minimum Gasteiger partial charge on any atom is -0.507 e. The molecule has 63 heavy (non-hydrogen) atoms. The number of carbonyl (C=O) groups excluding carboxylic acids is 2. The minimum absolute atomic E-state index is 0.0338. The number of phenols is 2. The van der Waals surface area contributed by atoms with E-state index in [9.17, 15) is 19.8 Å². The summed E-state index contributed by atoms with van der Waals surface area (Å²) in [6.07, 6.45) is -22.3. The fourth-order valence-corrected chi connectivity index (χ4v) is 8.29. The molecule has 8 nitrogen and oxygen atoms in total. The summed E-state index contributed by atoms with van der Waals surface area (Å²) < 4.78 is 193. The van der Waals surface area contributed by atoms with Crippen molar-refractivity contribution in [3.05, 3.63) is 106 Å². The zero-order valence-electron chi connectivity index (χ0n) is 32.1. The maximum Gasteiger partial charge on any atom is 0.418 e. The Kier molecular flexibility index (Phi) is 13.5. The molecule has 2 N–H and O–H groups in total. The van der Waals surface area contributed by atoms with Crippen LogP contribution in [-0.2, 0) is 43.8 Å². The van der Waals surface area contributed by atoms with E-state index in [1.807, 2.05) is 0 Å². The van der Waals surface area contributed by atoms with Gasteiger partial charge in [-0.3, -0.25) is 9.59 Å². The van der Waals surface area contributed by atoms with Crippen molar-refractivity contribution in [3.63, 3.8) is 0 Å². The molecule has 2 amide bonds. The number of halogens is 12. The van der Waals surface area contributed by atoms with Crippen LogP contribution in [0, 0.1) is 0 Å². The van der Waals surface area contributed by atoms with Crippen LogP contribution in [0.15, 0.2) is 82.6 Å². The van der Waals surface area contributed by atoms with Crippen molar-refractivity contribution >= 4 is 35.7 Å². The monoisotopic (exact) mass is 920 g/mol. The number of rotatable bonds is 8. The third-order valence-corrected chi connectivity index (χ3v) is 10.9. The zero-order chi connectivity index (χ0) is 46.1. The number of benzene rings is 4. The van der Waals surface area contributed by atoms with Crippen LogP contribution in [0.4, 0.5) is 52.7 Å². The highest BCUT2D eigenvalue weighted by Gasteiger charge is 2.50. The molecule has 2 heterocycles. The van der Waals surface area contributed by atoms with Crippen molar-refractivity contribution < 1.29 is 82.0 Å². The molecule has 2 aliphatic heterocycles. The van der Waals surface area contributed by atoms with Crippen molar-refractivity contribution in [1.82, 2.24) is 9.80 Å². The second-order valence-electron chi connectivity index (χ2n) is 13.8. The lowest BCUT2D eigenvalue weighted by Gasteiger charge is -2.27. The lowest BCUT2D eigenvalue weighted by molar-refractivity contribution is -0.164. The first-order valence-electron chi connectivity index (χ1n) is 18.5. The fraction of sp³-hybridized carbons (Fsp3) is 0.286. The van der Waals surface area contributed by atoms with Gasteiger partial charge in [0.05, 0.1) is 48.7 Å². The van der Waals surface area contributed by atoms with Gasteiger partial charge in [-0.25, -0.2) is 0 Å². The molecule has 2 aliphatic rings. The number of morpholine rings is 2. The molecular weight excluding hydrogens is 889 g/mol. The van der Waals surface area contributed by atoms with Crippen molar-refractivity contribution in [1.29, 1.82) is 0 Å². The number of carbonyl (C=O) groups is 2. The molecule has 2 fully saturated rings. The number of amides is 2. The van der Waals surface area contributed by atoms with Crippen molar-refractivity contribution in [2.45, 2.75) is 34.5 Å². The van der Waals surface area contributed by atoms with Gasteiger partial charge in [0.15, 0.2) is 0 Å². The largest absolute Gasteiger partial charge is 0.507 e. The molecule has 0 spiro atoms. The van der Waals surface area contributed by atoms with E-state index in [2.05, 4.69) is 0 Å². The van der Waals surface area contributed by atoms with Gasteiger partial charge in [-0.15, -0.1) is 0 Å². The molecule has 0 radical (unpaired) electrons. The number of nitrogens with zero attached hydrogens (tertiary/aromatic N) is 2. The Balaban J connectivity index is 1.71. The predicted molar refractivity (Wildman–Crippen MR) is 204 cm³/mol. The summed E-state index contributed by atoms with van der Waals surface area (Å²) in [4.78, 5) is 24.9. The number of alkyl halides is 12. The van der Waals surface area contributed by atoms with E-state index in [-0.39, 0.29) is 52.6 Å². The molecule has 21 heteroatoms. The molecule has 0 saturated carbocycles. The molecule has 4 aromatic carbocycles. The van der Waals surface area contributed by atoms with Crippen LogP contribution in [0.5, 0.6) is 11.5 Å². The quantitative estimate of drug-likeness (QED) is 0.134. The number of phenolic OH excluding ortho intramolecular Hbond substituents is 2. The van der Waals surface area contributed by atoms with Gasteiger partial charge >= 0.3 is 24.7 Å². The van der Waals surface area contributed by atoms with Gasteiger partial charge in [-0.1, -0.05) is 48.2 Å². The Morgan fingerprint density at radius 1 is 0.508 bits per heavy atom. The third-order valence-electron chi connectivity index (χ3n) is 9.84. The maximum atomic E-state index is 15.3. The Morgan fingerprint density at radius 2 is 0.825 bits per heavy atom. The first-order chi connectivity index (χ1) is 29.5. The van der Waals surface area contributed by atoms with E-state index >= 15 is 52.7 Å². The Hall–Kier alpha value is -5.67. The van der Waals surface area contributed by atoms with Crippen LogP contribution >= 0.6 is 11.8 Å². The third kappa shape index (κ3) is 10.4. The van der Waals surface area contributed by atoms with Crippen molar-refractivity contribution in [3.8, 4) is 33.8 Å². The van der Waals surface area contributed by atoms with Crippen LogP contribution in [0.2, 0.25) is 0 Å². The molecule has 4 aromatic rings. The van der Waals surface area contributed by atoms with Crippen LogP contribution in [0.25, 0.3) is 34.4 Å². The fourth-order valence-electron chi connectivity index (χ4n) is 7.06. The molecule has 0 bridgehead atoms. The predicted octanol–water partition coefficient (Wildman–Crippen LogP) is 10.4. The average molecular weight is 921 g/mol. The van der Waals surface area contributed by atoms with Gasteiger partial charge < -0.3 is 29.5 Å². The molecule has 0 unspecified atom stereocenters. The number of aromatic hydroxyl groups is 2. The number of hydrogen-bond acceptors (Lipinski definition) is 7. The smallest absolute Gasteiger partial charge is 0.418 e. The standard InChI is InChI=1S/C42H32F12N2O6S/c43-39(44,45)35-25(9-11-33(59)55-13-17-61-18-14-55)27(23-5-1-3-7-29(23)57)21-31(37(35)41(49,50)51)63-32-22-28(24-6-2-4-8-30(24)58)26(10-12-34(60)56-15-19-62-20-16-56)36(40(46,47)48)38(32)42(52,53)54/h1-12,21-22,57-58H,13-20H2.